The second kappa shape index (κ2) is 8.81. The highest BCUT2D eigenvalue weighted by Crippen LogP contribution is 2.36. The van der Waals surface area contributed by atoms with E-state index < -0.39 is 5.82 Å². The Morgan fingerprint density at radius 1 is 0.643 bits per heavy atom. The van der Waals surface area contributed by atoms with Crippen molar-refractivity contribution in [3.05, 3.63) is 81.7 Å². The molecule has 0 aliphatic heterocycles. The minimum Gasteiger partial charge on any atom is -0.507 e. The van der Waals surface area contributed by atoms with E-state index in [0.29, 0.717) is 39.4 Å². The monoisotopic (exact) mass is 644 g/mol. The second-order valence-corrected chi connectivity index (χ2v) is 9.41. The molecule has 0 spiro atoms. The molecule has 0 aromatic heterocycles. The van der Waals surface area contributed by atoms with E-state index in [1.807, 2.05) is 45.2 Å². The van der Waals surface area contributed by atoms with Gasteiger partial charge in [-0.3, -0.25) is 0 Å². The predicted octanol–water partition coefficient (Wildman–Crippen LogP) is 6.64. The summed E-state index contributed by atoms with van der Waals surface area (Å²) in [4.78, 5) is 0. The molecule has 0 atom stereocenters. The molecule has 0 radical (unpaired) electrons. The number of benzene rings is 3. The van der Waals surface area contributed by atoms with E-state index in [0.717, 1.165) is 0 Å². The molecular weight excluding hydrogens is 632 g/mol. The van der Waals surface area contributed by atoms with Crippen LogP contribution in [-0.4, -0.2) is 15.3 Å². The average Bonchev–Trinajstić information content (AvgIpc) is 2.60. The zero-order chi connectivity index (χ0) is 20.6. The van der Waals surface area contributed by atoms with Crippen LogP contribution in [0.1, 0.15) is 22.3 Å². The molecule has 0 fully saturated rings. The molecule has 8 heteroatoms. The van der Waals surface area contributed by atoms with Gasteiger partial charge in [-0.15, -0.1) is 0 Å². The number of halogens is 5. The van der Waals surface area contributed by atoms with E-state index >= 15 is 0 Å². The molecular formula is C20H13Cl2FI2O3. The molecule has 3 N–H and O–H groups in total. The Kier molecular flexibility index (Phi) is 6.84. The maximum Gasteiger partial charge on any atom is 0.132 e. The van der Waals surface area contributed by atoms with Crippen LogP contribution in [0.5, 0.6) is 17.2 Å². The Morgan fingerprint density at radius 3 is 1.39 bits per heavy atom. The van der Waals surface area contributed by atoms with Gasteiger partial charge in [0.25, 0.3) is 0 Å². The third kappa shape index (κ3) is 4.77. The lowest BCUT2D eigenvalue weighted by molar-refractivity contribution is 0.453. The highest BCUT2D eigenvalue weighted by molar-refractivity contribution is 14.1. The molecule has 0 heterocycles. The summed E-state index contributed by atoms with van der Waals surface area (Å²) in [5, 5.41) is 32.1. The zero-order valence-corrected chi connectivity index (χ0v) is 19.9. The first-order valence-electron chi connectivity index (χ1n) is 7.99. The van der Waals surface area contributed by atoms with Gasteiger partial charge in [-0.25, -0.2) is 4.39 Å². The molecule has 0 saturated carbocycles. The summed E-state index contributed by atoms with van der Waals surface area (Å²) in [7, 11) is 0. The van der Waals surface area contributed by atoms with Crippen LogP contribution in [0.2, 0.25) is 10.0 Å². The third-order valence-electron chi connectivity index (χ3n) is 4.21. The summed E-state index contributed by atoms with van der Waals surface area (Å²) in [6.45, 7) is 0. The molecule has 0 amide bonds. The van der Waals surface area contributed by atoms with Gasteiger partial charge in [0.2, 0.25) is 0 Å². The summed E-state index contributed by atoms with van der Waals surface area (Å²) >= 11 is 16.0. The normalized spacial score (nSPS) is 11.0. The van der Waals surface area contributed by atoms with E-state index in [9.17, 15) is 19.7 Å². The van der Waals surface area contributed by atoms with Crippen molar-refractivity contribution in [1.82, 2.24) is 0 Å². The first-order chi connectivity index (χ1) is 13.2. The Labute approximate surface area is 198 Å². The lowest BCUT2D eigenvalue weighted by atomic mass is 9.96. The van der Waals surface area contributed by atoms with Crippen LogP contribution in [-0.2, 0) is 12.8 Å². The van der Waals surface area contributed by atoms with Crippen molar-refractivity contribution in [3.8, 4) is 17.2 Å². The van der Waals surface area contributed by atoms with Crippen LogP contribution < -0.4 is 0 Å². The topological polar surface area (TPSA) is 60.7 Å². The van der Waals surface area contributed by atoms with Crippen molar-refractivity contribution in [2.24, 2.45) is 0 Å². The maximum absolute atomic E-state index is 14.2. The van der Waals surface area contributed by atoms with Crippen LogP contribution in [0.4, 0.5) is 4.39 Å². The molecule has 3 rings (SSSR count). The minimum atomic E-state index is -0.532. The van der Waals surface area contributed by atoms with Gasteiger partial charge in [0.1, 0.15) is 23.1 Å². The summed E-state index contributed by atoms with van der Waals surface area (Å²) < 4.78 is 15.4. The van der Waals surface area contributed by atoms with Gasteiger partial charge >= 0.3 is 0 Å². The number of phenols is 3. The Hall–Kier alpha value is -0.970. The van der Waals surface area contributed by atoms with Crippen molar-refractivity contribution in [2.45, 2.75) is 12.8 Å². The first-order valence-corrected chi connectivity index (χ1v) is 10.9. The van der Waals surface area contributed by atoms with Gasteiger partial charge in [0, 0.05) is 45.1 Å². The number of aromatic hydroxyl groups is 3. The first kappa shape index (κ1) is 21.7. The SMILES string of the molecule is Oc1c(I)cc(Cl)cc1Cc1cc(F)cc(Cc2cc(Cl)cc(I)c2O)c1O. The number of rotatable bonds is 4. The van der Waals surface area contributed by atoms with Crippen molar-refractivity contribution >= 4 is 68.4 Å². The summed E-state index contributed by atoms with van der Waals surface area (Å²) in [6, 6.07) is 8.81. The Bertz CT molecular complexity index is 993. The lowest BCUT2D eigenvalue weighted by Gasteiger charge is -2.14. The van der Waals surface area contributed by atoms with Crippen molar-refractivity contribution in [2.75, 3.05) is 0 Å². The summed E-state index contributed by atoms with van der Waals surface area (Å²) in [6.07, 6.45) is 0.191. The van der Waals surface area contributed by atoms with Gasteiger partial charge < -0.3 is 15.3 Å². The largest absolute Gasteiger partial charge is 0.507 e. The zero-order valence-electron chi connectivity index (χ0n) is 14.1. The van der Waals surface area contributed by atoms with Gasteiger partial charge in [-0.05, 0) is 81.6 Å². The molecule has 3 aromatic carbocycles. The molecule has 3 aromatic rings. The lowest BCUT2D eigenvalue weighted by Crippen LogP contribution is -1.98. The van der Waals surface area contributed by atoms with Crippen molar-refractivity contribution in [3.63, 3.8) is 0 Å². The summed E-state index contributed by atoms with van der Waals surface area (Å²) in [5.41, 5.74) is 1.56. The Morgan fingerprint density at radius 2 is 1.00 bits per heavy atom. The second-order valence-electron chi connectivity index (χ2n) is 6.22. The van der Waals surface area contributed by atoms with Gasteiger partial charge in [-0.2, -0.15) is 0 Å². The third-order valence-corrected chi connectivity index (χ3v) is 6.29. The van der Waals surface area contributed by atoms with E-state index in [1.54, 1.807) is 24.3 Å². The van der Waals surface area contributed by atoms with Gasteiger partial charge in [0.15, 0.2) is 0 Å². The fraction of sp³-hybridized carbons (Fsp3) is 0.100. The predicted molar refractivity (Wildman–Crippen MR) is 125 cm³/mol. The molecule has 146 valence electrons. The Balaban J connectivity index is 2.02. The molecule has 0 aliphatic carbocycles. The van der Waals surface area contributed by atoms with Crippen LogP contribution in [0, 0.1) is 13.0 Å². The molecule has 0 bridgehead atoms. The number of hydrogen-bond acceptors (Lipinski definition) is 3. The van der Waals surface area contributed by atoms with Crippen LogP contribution in [0.15, 0.2) is 36.4 Å². The molecule has 0 unspecified atom stereocenters. The average molecular weight is 645 g/mol. The number of hydrogen-bond donors (Lipinski definition) is 3. The molecule has 28 heavy (non-hydrogen) atoms. The fourth-order valence-corrected chi connectivity index (χ4v) is 5.12. The molecule has 0 aliphatic rings. The van der Waals surface area contributed by atoms with Crippen LogP contribution >= 0.6 is 68.4 Å². The smallest absolute Gasteiger partial charge is 0.132 e. The van der Waals surface area contributed by atoms with Crippen LogP contribution in [0.25, 0.3) is 0 Å². The van der Waals surface area contributed by atoms with E-state index in [2.05, 4.69) is 0 Å². The van der Waals surface area contributed by atoms with E-state index in [-0.39, 0.29) is 30.1 Å². The van der Waals surface area contributed by atoms with E-state index in [4.69, 9.17) is 23.2 Å². The van der Waals surface area contributed by atoms with E-state index in [1.165, 1.54) is 12.1 Å². The molecule has 0 saturated heterocycles. The highest BCUT2D eigenvalue weighted by Gasteiger charge is 2.17. The minimum absolute atomic E-state index is 0.0391. The van der Waals surface area contributed by atoms with Gasteiger partial charge in [0.05, 0.1) is 7.14 Å². The highest BCUT2D eigenvalue weighted by atomic mass is 127. The maximum atomic E-state index is 14.2. The van der Waals surface area contributed by atoms with Gasteiger partial charge in [-0.1, -0.05) is 23.2 Å². The van der Waals surface area contributed by atoms with Crippen LogP contribution in [0.3, 0.4) is 0 Å². The van der Waals surface area contributed by atoms with Crippen molar-refractivity contribution < 1.29 is 19.7 Å². The standard InChI is InChI=1S/C20H13Cl2FI2O3/c21-13-3-9(19(27)16(24)7-13)1-11-5-15(23)6-12(18(11)26)2-10-4-14(22)8-17(25)20(10)28/h3-8,26-28H,1-2H2. The molecule has 3 nitrogen and oxygen atoms in total. The quantitative estimate of drug-likeness (QED) is 0.279. The van der Waals surface area contributed by atoms with Crippen molar-refractivity contribution in [1.29, 1.82) is 0 Å². The number of phenolic OH excluding ortho intramolecular Hbond substituents is 3. The fourth-order valence-electron chi connectivity index (χ4n) is 2.91. The summed E-state index contributed by atoms with van der Waals surface area (Å²) in [5.74, 6) is -0.560.